The molecule has 0 aliphatic heterocycles. The lowest BCUT2D eigenvalue weighted by atomic mass is 10.2. The second-order valence-corrected chi connectivity index (χ2v) is 4.12. The Morgan fingerprint density at radius 3 is 2.68 bits per heavy atom. The van der Waals surface area contributed by atoms with E-state index in [9.17, 15) is 8.78 Å². The van der Waals surface area contributed by atoms with Gasteiger partial charge >= 0.3 is 6.61 Å². The first kappa shape index (κ1) is 15.4. The molecule has 2 rings (SSSR count). The largest absolute Gasteiger partial charge is 0.497 e. The Hall–Kier alpha value is -2.95. The summed E-state index contributed by atoms with van der Waals surface area (Å²) >= 11 is 0. The minimum absolute atomic E-state index is 0.0462. The molecule has 0 fully saturated rings. The second kappa shape index (κ2) is 7.17. The zero-order valence-corrected chi connectivity index (χ0v) is 11.6. The number of rotatable bonds is 6. The molecule has 0 amide bonds. The van der Waals surface area contributed by atoms with Crippen LogP contribution < -0.4 is 14.8 Å². The predicted molar refractivity (Wildman–Crippen MR) is 73.7 cm³/mol. The number of ether oxygens (including phenoxy) is 2. The van der Waals surface area contributed by atoms with Gasteiger partial charge in [0.2, 0.25) is 0 Å². The van der Waals surface area contributed by atoms with Crippen molar-refractivity contribution >= 4 is 5.82 Å². The predicted octanol–water partition coefficient (Wildman–Crippen LogP) is 2.57. The van der Waals surface area contributed by atoms with Crippen LogP contribution in [0.1, 0.15) is 11.3 Å². The van der Waals surface area contributed by atoms with Crippen molar-refractivity contribution in [1.82, 2.24) is 10.2 Å². The standard InChI is InChI=1S/C14H12F2N4O2/c1-21-11-3-4-12(22-14(15)16)9(6-11)8-18-13-5-2-10(7-17)19-20-13/h2-6,14H,8H2,1H3,(H,18,20). The lowest BCUT2D eigenvalue weighted by Crippen LogP contribution is -2.08. The number of methoxy groups -OCH3 is 1. The lowest BCUT2D eigenvalue weighted by molar-refractivity contribution is -0.0504. The van der Waals surface area contributed by atoms with Gasteiger partial charge in [0.15, 0.2) is 5.69 Å². The van der Waals surface area contributed by atoms with Crippen molar-refractivity contribution in [3.8, 4) is 17.6 Å². The summed E-state index contributed by atoms with van der Waals surface area (Å²) in [5, 5.41) is 19.0. The summed E-state index contributed by atoms with van der Waals surface area (Å²) in [5.74, 6) is 0.971. The number of nitrogens with zero attached hydrogens (tertiary/aromatic N) is 3. The summed E-state index contributed by atoms with van der Waals surface area (Å²) in [5.41, 5.74) is 0.666. The molecule has 0 aliphatic carbocycles. The first-order valence-corrected chi connectivity index (χ1v) is 6.22. The highest BCUT2D eigenvalue weighted by atomic mass is 19.3. The molecule has 0 unspecified atom stereocenters. The van der Waals surface area contributed by atoms with E-state index in [1.54, 1.807) is 12.1 Å². The smallest absolute Gasteiger partial charge is 0.387 e. The van der Waals surface area contributed by atoms with Gasteiger partial charge in [0, 0.05) is 12.1 Å². The van der Waals surface area contributed by atoms with Crippen molar-refractivity contribution in [3.05, 3.63) is 41.6 Å². The van der Waals surface area contributed by atoms with Crippen LogP contribution in [0.5, 0.6) is 11.5 Å². The fourth-order valence-corrected chi connectivity index (χ4v) is 1.70. The second-order valence-electron chi connectivity index (χ2n) is 4.12. The molecule has 1 N–H and O–H groups in total. The first-order valence-electron chi connectivity index (χ1n) is 6.22. The van der Waals surface area contributed by atoms with Gasteiger partial charge in [-0.05, 0) is 30.3 Å². The molecule has 22 heavy (non-hydrogen) atoms. The molecule has 0 spiro atoms. The molecule has 2 aromatic rings. The molecule has 0 atom stereocenters. The van der Waals surface area contributed by atoms with E-state index < -0.39 is 6.61 Å². The quantitative estimate of drug-likeness (QED) is 0.883. The zero-order chi connectivity index (χ0) is 15.9. The van der Waals surface area contributed by atoms with Crippen LogP contribution in [0.4, 0.5) is 14.6 Å². The average Bonchev–Trinajstić information content (AvgIpc) is 2.54. The van der Waals surface area contributed by atoms with Crippen molar-refractivity contribution in [1.29, 1.82) is 5.26 Å². The molecule has 0 bridgehead atoms. The van der Waals surface area contributed by atoms with Crippen LogP contribution in [0.15, 0.2) is 30.3 Å². The number of hydrogen-bond acceptors (Lipinski definition) is 6. The van der Waals surface area contributed by atoms with E-state index in [-0.39, 0.29) is 18.0 Å². The summed E-state index contributed by atoms with van der Waals surface area (Å²) in [6, 6.07) is 9.44. The molecule has 0 radical (unpaired) electrons. The molecule has 1 aromatic heterocycles. The Kier molecular flexibility index (Phi) is 5.03. The molecule has 0 aliphatic rings. The number of nitriles is 1. The third kappa shape index (κ3) is 4.02. The van der Waals surface area contributed by atoms with Gasteiger partial charge in [-0.25, -0.2) is 0 Å². The van der Waals surface area contributed by atoms with Crippen molar-refractivity contribution < 1.29 is 18.3 Å². The highest BCUT2D eigenvalue weighted by Crippen LogP contribution is 2.26. The number of benzene rings is 1. The number of nitrogens with one attached hydrogen (secondary N) is 1. The average molecular weight is 306 g/mol. The Balaban J connectivity index is 2.14. The van der Waals surface area contributed by atoms with Crippen LogP contribution in [-0.4, -0.2) is 23.9 Å². The van der Waals surface area contributed by atoms with Crippen molar-refractivity contribution in [2.75, 3.05) is 12.4 Å². The Morgan fingerprint density at radius 1 is 1.27 bits per heavy atom. The normalized spacial score (nSPS) is 10.1. The molecule has 1 heterocycles. The molecule has 0 saturated carbocycles. The van der Waals surface area contributed by atoms with E-state index in [0.29, 0.717) is 17.1 Å². The lowest BCUT2D eigenvalue weighted by Gasteiger charge is -2.13. The van der Waals surface area contributed by atoms with Gasteiger partial charge in [-0.2, -0.15) is 14.0 Å². The topological polar surface area (TPSA) is 80.1 Å². The minimum atomic E-state index is -2.91. The van der Waals surface area contributed by atoms with E-state index in [1.807, 2.05) is 6.07 Å². The van der Waals surface area contributed by atoms with Gasteiger partial charge in [-0.3, -0.25) is 0 Å². The SMILES string of the molecule is COc1ccc(OC(F)F)c(CNc2ccc(C#N)nn2)c1. The summed E-state index contributed by atoms with van der Waals surface area (Å²) in [7, 11) is 1.48. The summed E-state index contributed by atoms with van der Waals surface area (Å²) in [4.78, 5) is 0. The fraction of sp³-hybridized carbons (Fsp3) is 0.214. The zero-order valence-electron chi connectivity index (χ0n) is 11.6. The van der Waals surface area contributed by atoms with E-state index in [4.69, 9.17) is 10.00 Å². The van der Waals surface area contributed by atoms with Gasteiger partial charge in [-0.1, -0.05) is 0 Å². The minimum Gasteiger partial charge on any atom is -0.497 e. The van der Waals surface area contributed by atoms with Crippen molar-refractivity contribution in [2.45, 2.75) is 13.2 Å². The van der Waals surface area contributed by atoms with Crippen molar-refractivity contribution in [2.24, 2.45) is 0 Å². The van der Waals surface area contributed by atoms with Crippen LogP contribution in [0.2, 0.25) is 0 Å². The van der Waals surface area contributed by atoms with Crippen LogP contribution in [0.3, 0.4) is 0 Å². The Labute approximate surface area is 125 Å². The summed E-state index contributed by atoms with van der Waals surface area (Å²) in [6.45, 7) is -2.73. The number of anilines is 1. The molecule has 1 aromatic carbocycles. The van der Waals surface area contributed by atoms with Gasteiger partial charge in [0.25, 0.3) is 0 Å². The highest BCUT2D eigenvalue weighted by molar-refractivity contribution is 5.43. The van der Waals surface area contributed by atoms with Gasteiger partial charge in [-0.15, -0.1) is 10.2 Å². The Morgan fingerprint density at radius 2 is 2.09 bits per heavy atom. The van der Waals surface area contributed by atoms with Crippen molar-refractivity contribution in [3.63, 3.8) is 0 Å². The maximum absolute atomic E-state index is 12.4. The molecule has 8 heteroatoms. The van der Waals surface area contributed by atoms with E-state index >= 15 is 0 Å². The van der Waals surface area contributed by atoms with Gasteiger partial charge < -0.3 is 14.8 Å². The van der Waals surface area contributed by atoms with E-state index in [2.05, 4.69) is 20.3 Å². The molecule has 114 valence electrons. The maximum atomic E-state index is 12.4. The third-order valence-electron chi connectivity index (χ3n) is 2.72. The highest BCUT2D eigenvalue weighted by Gasteiger charge is 2.11. The molecular formula is C14H12F2N4O2. The maximum Gasteiger partial charge on any atom is 0.387 e. The fourth-order valence-electron chi connectivity index (χ4n) is 1.70. The molecule has 6 nitrogen and oxygen atoms in total. The van der Waals surface area contributed by atoms with E-state index in [1.165, 1.54) is 25.3 Å². The van der Waals surface area contributed by atoms with Crippen LogP contribution in [-0.2, 0) is 6.54 Å². The third-order valence-corrected chi connectivity index (χ3v) is 2.72. The van der Waals surface area contributed by atoms with Crippen LogP contribution in [0.25, 0.3) is 0 Å². The van der Waals surface area contributed by atoms with E-state index in [0.717, 1.165) is 0 Å². The number of aromatic nitrogens is 2. The van der Waals surface area contributed by atoms with Crippen LogP contribution in [0, 0.1) is 11.3 Å². The number of halogens is 2. The molecular weight excluding hydrogens is 294 g/mol. The summed E-state index contributed by atoms with van der Waals surface area (Å²) in [6.07, 6.45) is 0. The summed E-state index contributed by atoms with van der Waals surface area (Å²) < 4.78 is 34.3. The van der Waals surface area contributed by atoms with Crippen LogP contribution >= 0.6 is 0 Å². The number of hydrogen-bond donors (Lipinski definition) is 1. The van der Waals surface area contributed by atoms with Gasteiger partial charge in [0.1, 0.15) is 23.4 Å². The first-order chi connectivity index (χ1) is 10.6. The molecule has 0 saturated heterocycles. The Bertz CT molecular complexity index is 672. The monoisotopic (exact) mass is 306 g/mol. The number of alkyl halides is 2. The van der Waals surface area contributed by atoms with Gasteiger partial charge in [0.05, 0.1) is 7.11 Å².